The van der Waals surface area contributed by atoms with E-state index in [2.05, 4.69) is 6.92 Å². The van der Waals surface area contributed by atoms with Gasteiger partial charge in [-0.15, -0.1) is 0 Å². The second kappa shape index (κ2) is 8.33. The summed E-state index contributed by atoms with van der Waals surface area (Å²) < 4.78 is 23.5. The molecule has 0 radical (unpaired) electrons. The maximum atomic E-state index is 13.1. The normalized spacial score (nSPS) is 57.4. The minimum absolute atomic E-state index is 0.00418. The molecular weight excluding hydrogens is 492 g/mol. The summed E-state index contributed by atoms with van der Waals surface area (Å²) in [5.41, 5.74) is -1.01. The van der Waals surface area contributed by atoms with Crippen molar-refractivity contribution < 1.29 is 43.9 Å². The minimum Gasteiger partial charge on any atom is -0.458 e. The Labute approximate surface area is 222 Å². The molecule has 0 aromatic carbocycles. The number of esters is 1. The fourth-order valence-electron chi connectivity index (χ4n) is 10.2. The van der Waals surface area contributed by atoms with E-state index in [1.54, 1.807) is 6.08 Å². The zero-order valence-corrected chi connectivity index (χ0v) is 22.2. The van der Waals surface area contributed by atoms with Crippen molar-refractivity contribution in [3.05, 3.63) is 11.6 Å². The van der Waals surface area contributed by atoms with Crippen LogP contribution in [0.25, 0.3) is 0 Å². The lowest BCUT2D eigenvalue weighted by molar-refractivity contribution is -0.457. The van der Waals surface area contributed by atoms with Gasteiger partial charge in [-0.25, -0.2) is 4.79 Å². The summed E-state index contributed by atoms with van der Waals surface area (Å²) in [5, 5.41) is 34.4. The molecule has 210 valence electrons. The Hall–Kier alpha value is -1.36. The highest BCUT2D eigenvalue weighted by molar-refractivity contribution is 5.85. The van der Waals surface area contributed by atoms with E-state index in [1.165, 1.54) is 0 Å². The largest absolute Gasteiger partial charge is 0.458 e. The van der Waals surface area contributed by atoms with Crippen LogP contribution in [0.3, 0.4) is 0 Å². The van der Waals surface area contributed by atoms with Crippen LogP contribution in [0.5, 0.6) is 0 Å². The first kappa shape index (κ1) is 25.6. The Kier molecular flexibility index (Phi) is 5.61. The van der Waals surface area contributed by atoms with Crippen molar-refractivity contribution in [2.75, 3.05) is 6.61 Å². The number of hydrogen-bond acceptors (Lipinski definition) is 9. The van der Waals surface area contributed by atoms with E-state index in [1.807, 2.05) is 6.92 Å². The zero-order valence-electron chi connectivity index (χ0n) is 22.2. The lowest BCUT2D eigenvalue weighted by atomic mass is 9.42. The molecule has 3 aliphatic heterocycles. The van der Waals surface area contributed by atoms with Crippen molar-refractivity contribution in [3.63, 3.8) is 0 Å². The molecule has 2 saturated heterocycles. The van der Waals surface area contributed by atoms with Gasteiger partial charge in [0.1, 0.15) is 19.0 Å². The predicted molar refractivity (Wildman–Crippen MR) is 131 cm³/mol. The summed E-state index contributed by atoms with van der Waals surface area (Å²) in [4.78, 5) is 24.9. The van der Waals surface area contributed by atoms with Crippen LogP contribution in [0, 0.1) is 34.5 Å². The molecule has 0 aromatic rings. The van der Waals surface area contributed by atoms with Crippen molar-refractivity contribution in [2.24, 2.45) is 34.5 Å². The molecule has 0 unspecified atom stereocenters. The average molecular weight is 533 g/mol. The summed E-state index contributed by atoms with van der Waals surface area (Å²) in [7, 11) is 0. The summed E-state index contributed by atoms with van der Waals surface area (Å²) in [5.74, 6) is -2.11. The summed E-state index contributed by atoms with van der Waals surface area (Å²) in [6.45, 7) is 4.31. The molecule has 9 heteroatoms. The number of cyclic esters (lactones) is 1. The number of carbonyl (C=O) groups excluding carboxylic acids is 2. The van der Waals surface area contributed by atoms with Gasteiger partial charge in [0.15, 0.2) is 0 Å². The molecule has 6 fully saturated rings. The molecule has 0 spiro atoms. The first-order valence-electron chi connectivity index (χ1n) is 14.5. The molecule has 7 aliphatic rings. The molecule has 0 aromatic heterocycles. The number of hydrogen-bond donors (Lipinski definition) is 3. The van der Waals surface area contributed by atoms with Gasteiger partial charge in [0.25, 0.3) is 0 Å². The molecular formula is C29H40O9. The van der Waals surface area contributed by atoms with E-state index in [4.69, 9.17) is 18.9 Å². The lowest BCUT2D eigenvalue weighted by Gasteiger charge is -2.64. The Bertz CT molecular complexity index is 1060. The third kappa shape index (κ3) is 3.20. The quantitative estimate of drug-likeness (QED) is 0.278. The molecule has 0 bridgehead atoms. The van der Waals surface area contributed by atoms with Crippen molar-refractivity contribution >= 4 is 12.3 Å². The van der Waals surface area contributed by atoms with Gasteiger partial charge in [0, 0.05) is 23.3 Å². The van der Waals surface area contributed by atoms with Gasteiger partial charge >= 0.3 is 5.97 Å². The van der Waals surface area contributed by atoms with Crippen molar-refractivity contribution in [2.45, 2.75) is 114 Å². The minimum atomic E-state index is -1.96. The van der Waals surface area contributed by atoms with Crippen molar-refractivity contribution in [1.29, 1.82) is 0 Å². The first-order valence-corrected chi connectivity index (χ1v) is 14.5. The average Bonchev–Trinajstić information content (AvgIpc) is 3.42. The van der Waals surface area contributed by atoms with Gasteiger partial charge in [-0.05, 0) is 87.5 Å². The third-order valence-electron chi connectivity index (χ3n) is 12.1. The van der Waals surface area contributed by atoms with E-state index in [-0.39, 0.29) is 53.7 Å². The van der Waals surface area contributed by atoms with Crippen LogP contribution in [0.15, 0.2) is 11.6 Å². The van der Waals surface area contributed by atoms with Crippen LogP contribution in [0.2, 0.25) is 0 Å². The maximum Gasteiger partial charge on any atom is 0.331 e. The summed E-state index contributed by atoms with van der Waals surface area (Å²) in [6.07, 6.45) is 5.34. The smallest absolute Gasteiger partial charge is 0.331 e. The first-order chi connectivity index (χ1) is 18.0. The summed E-state index contributed by atoms with van der Waals surface area (Å²) >= 11 is 0. The van der Waals surface area contributed by atoms with Gasteiger partial charge in [-0.3, -0.25) is 0 Å². The number of fused-ring (bicyclic) bond motifs is 7. The Morgan fingerprint density at radius 1 is 1.03 bits per heavy atom. The number of aliphatic hydroxyl groups excluding tert-OH is 1. The highest BCUT2D eigenvalue weighted by atomic mass is 16.8. The number of aldehydes is 1. The van der Waals surface area contributed by atoms with Gasteiger partial charge in [0.2, 0.25) is 12.1 Å². The number of aliphatic hydroxyl groups is 3. The maximum absolute atomic E-state index is 13.1. The topological polar surface area (TPSA) is 132 Å². The van der Waals surface area contributed by atoms with Crippen molar-refractivity contribution in [1.82, 2.24) is 0 Å². The summed E-state index contributed by atoms with van der Waals surface area (Å²) in [6, 6.07) is 0. The van der Waals surface area contributed by atoms with Crippen molar-refractivity contribution in [3.8, 4) is 0 Å². The van der Waals surface area contributed by atoms with E-state index >= 15 is 0 Å². The predicted octanol–water partition coefficient (Wildman–Crippen LogP) is 2.00. The van der Waals surface area contributed by atoms with Gasteiger partial charge in [-0.1, -0.05) is 6.92 Å². The van der Waals surface area contributed by atoms with E-state index < -0.39 is 35.3 Å². The van der Waals surface area contributed by atoms with Crippen LogP contribution < -0.4 is 0 Å². The monoisotopic (exact) mass is 532 g/mol. The number of rotatable bonds is 2. The van der Waals surface area contributed by atoms with Gasteiger partial charge in [0.05, 0.1) is 23.9 Å². The molecule has 13 atom stereocenters. The highest BCUT2D eigenvalue weighted by Crippen LogP contribution is 2.70. The Morgan fingerprint density at radius 2 is 1.84 bits per heavy atom. The van der Waals surface area contributed by atoms with E-state index in [9.17, 15) is 24.9 Å². The molecule has 3 heterocycles. The number of carbonyl (C=O) groups is 2. The van der Waals surface area contributed by atoms with Crippen LogP contribution >= 0.6 is 0 Å². The fraction of sp³-hybridized carbons (Fsp3) is 0.862. The van der Waals surface area contributed by atoms with Crippen LogP contribution in [-0.2, 0) is 28.5 Å². The third-order valence-corrected chi connectivity index (χ3v) is 12.1. The fourth-order valence-corrected chi connectivity index (χ4v) is 10.2. The molecule has 4 saturated carbocycles. The second-order valence-corrected chi connectivity index (χ2v) is 13.6. The van der Waals surface area contributed by atoms with Crippen LogP contribution in [-0.4, -0.2) is 76.3 Å². The zero-order chi connectivity index (χ0) is 26.7. The van der Waals surface area contributed by atoms with Crippen LogP contribution in [0.4, 0.5) is 0 Å². The second-order valence-electron chi connectivity index (χ2n) is 13.6. The molecule has 9 nitrogen and oxygen atoms in total. The molecule has 7 rings (SSSR count). The van der Waals surface area contributed by atoms with Crippen LogP contribution in [0.1, 0.15) is 71.6 Å². The molecule has 0 amide bonds. The Morgan fingerprint density at radius 3 is 2.58 bits per heavy atom. The highest BCUT2D eigenvalue weighted by Gasteiger charge is 2.70. The van der Waals surface area contributed by atoms with Gasteiger partial charge in [-0.2, -0.15) is 0 Å². The van der Waals surface area contributed by atoms with E-state index in [0.29, 0.717) is 25.9 Å². The number of ether oxygens (including phenoxy) is 4. The Balaban J connectivity index is 1.18. The van der Waals surface area contributed by atoms with Gasteiger partial charge < -0.3 is 39.1 Å². The molecule has 4 aliphatic carbocycles. The SMILES string of the molecule is C[C@@H]1C[C@H](O)[C@]2(O)O[C@@H]3C[C@@]4(C=O)[C@H](CC[C@@H]5[C@@H]4CC[C@]4(C)[C@@H](C6=CC(=O)OC6)CC[C@]54O)C[C@H]3O[C@@H]2O1. The lowest BCUT2D eigenvalue weighted by Crippen LogP contribution is -2.71. The molecule has 38 heavy (non-hydrogen) atoms. The molecule has 3 N–H and O–H groups in total. The van der Waals surface area contributed by atoms with E-state index in [0.717, 1.165) is 44.0 Å². The standard InChI is InChI=1S/C29H40O9/c1-15-9-23(31)29(34)25(36-15)37-21-11-17-3-4-20-19(27(17,14-30)12-22(21)38-29)5-7-26(2)18(6-8-28(20,26)33)16-10-24(32)35-13-16/h10,14-15,17-23,25,31,33-34H,3-9,11-13H2,1-2H3/t15-,17-,18-,19+,20-,21-,22-,23+,25+,26-,27-,28+,29+/m1/s1.